The van der Waals surface area contributed by atoms with Crippen LogP contribution in [-0.4, -0.2) is 27.9 Å². The fourth-order valence-electron chi connectivity index (χ4n) is 2.62. The van der Waals surface area contributed by atoms with Gasteiger partial charge in [-0.25, -0.2) is 9.67 Å². The first kappa shape index (κ1) is 16.2. The lowest BCUT2D eigenvalue weighted by Gasteiger charge is -2.29. The number of rotatable bonds is 9. The van der Waals surface area contributed by atoms with Gasteiger partial charge in [-0.05, 0) is 38.6 Å². The maximum atomic E-state index is 4.46. The molecule has 0 saturated carbocycles. The first-order valence-electron chi connectivity index (χ1n) is 7.61. The van der Waals surface area contributed by atoms with Crippen LogP contribution in [0.15, 0.2) is 6.33 Å². The van der Waals surface area contributed by atoms with Crippen LogP contribution >= 0.6 is 0 Å². The largest absolute Gasteiger partial charge is 0.316 e. The monoisotopic (exact) mass is 266 g/mol. The molecule has 0 amide bonds. The second-order valence-corrected chi connectivity index (χ2v) is 6.13. The minimum Gasteiger partial charge on any atom is -0.316 e. The van der Waals surface area contributed by atoms with Crippen LogP contribution in [0.3, 0.4) is 0 Å². The molecule has 0 radical (unpaired) electrons. The Morgan fingerprint density at radius 2 is 2.05 bits per heavy atom. The van der Waals surface area contributed by atoms with E-state index in [4.69, 9.17) is 0 Å². The third-order valence-corrected chi connectivity index (χ3v) is 3.55. The molecule has 0 aliphatic heterocycles. The zero-order valence-electron chi connectivity index (χ0n) is 13.2. The molecule has 110 valence electrons. The molecule has 1 atom stereocenters. The number of aromatic nitrogens is 3. The standard InChI is InChI=1S/C15H30N4/c1-6-8-15(5,11-16-9-7-2)10-14-17-12-18-19(14)13(3)4/h12-13,16H,6-11H2,1-5H3. The van der Waals surface area contributed by atoms with Crippen LogP contribution in [0.25, 0.3) is 0 Å². The van der Waals surface area contributed by atoms with Gasteiger partial charge in [0.15, 0.2) is 0 Å². The molecule has 1 N–H and O–H groups in total. The summed E-state index contributed by atoms with van der Waals surface area (Å²) in [5.41, 5.74) is 0.267. The highest BCUT2D eigenvalue weighted by Gasteiger charge is 2.26. The molecule has 0 bridgehead atoms. The van der Waals surface area contributed by atoms with Crippen molar-refractivity contribution in [1.29, 1.82) is 0 Å². The zero-order chi connectivity index (χ0) is 14.3. The Hall–Kier alpha value is -0.900. The quantitative estimate of drug-likeness (QED) is 0.698. The maximum Gasteiger partial charge on any atom is 0.138 e. The van der Waals surface area contributed by atoms with Gasteiger partial charge in [-0.1, -0.05) is 27.2 Å². The van der Waals surface area contributed by atoms with Crippen molar-refractivity contribution in [2.75, 3.05) is 13.1 Å². The van der Waals surface area contributed by atoms with E-state index in [-0.39, 0.29) is 5.41 Å². The van der Waals surface area contributed by atoms with Crippen molar-refractivity contribution >= 4 is 0 Å². The van der Waals surface area contributed by atoms with Crippen molar-refractivity contribution in [3.8, 4) is 0 Å². The summed E-state index contributed by atoms with van der Waals surface area (Å²) in [7, 11) is 0. The fourth-order valence-corrected chi connectivity index (χ4v) is 2.62. The van der Waals surface area contributed by atoms with E-state index >= 15 is 0 Å². The maximum absolute atomic E-state index is 4.46. The Labute approximate surface area is 118 Å². The first-order valence-corrected chi connectivity index (χ1v) is 7.61. The van der Waals surface area contributed by atoms with Crippen molar-refractivity contribution < 1.29 is 0 Å². The molecule has 0 saturated heterocycles. The molecule has 1 heterocycles. The average molecular weight is 266 g/mol. The molecule has 1 unspecified atom stereocenters. The lowest BCUT2D eigenvalue weighted by Crippen LogP contribution is -2.35. The summed E-state index contributed by atoms with van der Waals surface area (Å²) in [5, 5.41) is 7.91. The van der Waals surface area contributed by atoms with Gasteiger partial charge in [0.25, 0.3) is 0 Å². The van der Waals surface area contributed by atoms with Crippen LogP contribution in [0.2, 0.25) is 0 Å². The van der Waals surface area contributed by atoms with E-state index in [0.717, 1.165) is 25.3 Å². The Balaban J connectivity index is 2.73. The highest BCUT2D eigenvalue weighted by molar-refractivity contribution is 4.94. The van der Waals surface area contributed by atoms with Gasteiger partial charge in [0.1, 0.15) is 12.2 Å². The van der Waals surface area contributed by atoms with E-state index in [1.54, 1.807) is 6.33 Å². The normalized spacial score (nSPS) is 14.8. The van der Waals surface area contributed by atoms with Crippen molar-refractivity contribution in [3.05, 3.63) is 12.2 Å². The summed E-state index contributed by atoms with van der Waals surface area (Å²) < 4.78 is 2.05. The number of nitrogens with one attached hydrogen (secondary N) is 1. The van der Waals surface area contributed by atoms with Crippen LogP contribution in [0, 0.1) is 5.41 Å². The average Bonchev–Trinajstić information content (AvgIpc) is 2.77. The molecular weight excluding hydrogens is 236 g/mol. The van der Waals surface area contributed by atoms with Gasteiger partial charge in [-0.3, -0.25) is 0 Å². The van der Waals surface area contributed by atoms with E-state index in [9.17, 15) is 0 Å². The molecule has 1 rings (SSSR count). The summed E-state index contributed by atoms with van der Waals surface area (Å²) in [6, 6.07) is 0.381. The minimum absolute atomic E-state index is 0.267. The molecule has 0 spiro atoms. The molecule has 4 heteroatoms. The van der Waals surface area contributed by atoms with Gasteiger partial charge in [0.2, 0.25) is 0 Å². The lowest BCUT2D eigenvalue weighted by atomic mass is 9.81. The Bertz CT molecular complexity index is 359. The van der Waals surface area contributed by atoms with Crippen molar-refractivity contribution in [2.24, 2.45) is 5.41 Å². The zero-order valence-corrected chi connectivity index (χ0v) is 13.2. The fraction of sp³-hybridized carbons (Fsp3) is 0.867. The topological polar surface area (TPSA) is 42.7 Å². The van der Waals surface area contributed by atoms with Crippen molar-refractivity contribution in [3.63, 3.8) is 0 Å². The second kappa shape index (κ2) is 7.63. The number of hydrogen-bond donors (Lipinski definition) is 1. The molecule has 4 nitrogen and oxygen atoms in total. The minimum atomic E-state index is 0.267. The number of nitrogens with zero attached hydrogens (tertiary/aromatic N) is 3. The van der Waals surface area contributed by atoms with E-state index in [0.29, 0.717) is 6.04 Å². The summed E-state index contributed by atoms with van der Waals surface area (Å²) in [6.45, 7) is 13.3. The Morgan fingerprint density at radius 3 is 2.63 bits per heavy atom. The molecule has 0 aliphatic carbocycles. The predicted molar refractivity (Wildman–Crippen MR) is 80.3 cm³/mol. The van der Waals surface area contributed by atoms with Gasteiger partial charge in [0, 0.05) is 19.0 Å². The van der Waals surface area contributed by atoms with Crippen LogP contribution in [0.1, 0.15) is 65.7 Å². The molecule has 0 fully saturated rings. The third kappa shape index (κ3) is 4.94. The van der Waals surface area contributed by atoms with Gasteiger partial charge in [0.05, 0.1) is 0 Å². The molecule has 0 aromatic carbocycles. The molecule has 1 aromatic rings. The van der Waals surface area contributed by atoms with Crippen LogP contribution in [-0.2, 0) is 6.42 Å². The van der Waals surface area contributed by atoms with E-state index < -0.39 is 0 Å². The van der Waals surface area contributed by atoms with Crippen molar-refractivity contribution in [2.45, 2.75) is 66.3 Å². The van der Waals surface area contributed by atoms with E-state index in [1.807, 2.05) is 4.68 Å². The molecule has 0 aliphatic rings. The second-order valence-electron chi connectivity index (χ2n) is 6.13. The third-order valence-electron chi connectivity index (χ3n) is 3.55. The van der Waals surface area contributed by atoms with Crippen LogP contribution < -0.4 is 5.32 Å². The molecule has 1 aromatic heterocycles. The predicted octanol–water partition coefficient (Wildman–Crippen LogP) is 3.21. The first-order chi connectivity index (χ1) is 9.02. The van der Waals surface area contributed by atoms with Gasteiger partial charge in [-0.2, -0.15) is 5.10 Å². The number of hydrogen-bond acceptors (Lipinski definition) is 3. The summed E-state index contributed by atoms with van der Waals surface area (Å²) in [4.78, 5) is 4.46. The SMILES string of the molecule is CCCNCC(C)(CCC)Cc1ncnn1C(C)C. The van der Waals surface area contributed by atoms with Crippen LogP contribution in [0.4, 0.5) is 0 Å². The van der Waals surface area contributed by atoms with Crippen molar-refractivity contribution in [1.82, 2.24) is 20.1 Å². The molecular formula is C15H30N4. The Kier molecular flexibility index (Phi) is 6.49. The summed E-state index contributed by atoms with van der Waals surface area (Å²) >= 11 is 0. The lowest BCUT2D eigenvalue weighted by molar-refractivity contribution is 0.263. The van der Waals surface area contributed by atoms with Gasteiger partial charge < -0.3 is 5.32 Å². The van der Waals surface area contributed by atoms with Crippen LogP contribution in [0.5, 0.6) is 0 Å². The van der Waals surface area contributed by atoms with E-state index in [2.05, 4.69) is 50.0 Å². The molecule has 19 heavy (non-hydrogen) atoms. The summed E-state index contributed by atoms with van der Waals surface area (Å²) in [5.74, 6) is 1.12. The van der Waals surface area contributed by atoms with Gasteiger partial charge in [-0.15, -0.1) is 0 Å². The Morgan fingerprint density at radius 1 is 1.32 bits per heavy atom. The highest BCUT2D eigenvalue weighted by Crippen LogP contribution is 2.27. The smallest absolute Gasteiger partial charge is 0.138 e. The summed E-state index contributed by atoms with van der Waals surface area (Å²) in [6.07, 6.45) is 6.29. The van der Waals surface area contributed by atoms with E-state index in [1.165, 1.54) is 19.3 Å². The van der Waals surface area contributed by atoms with Gasteiger partial charge >= 0.3 is 0 Å². The highest BCUT2D eigenvalue weighted by atomic mass is 15.3.